The van der Waals surface area contributed by atoms with Gasteiger partial charge in [0, 0.05) is 19.5 Å². The summed E-state index contributed by atoms with van der Waals surface area (Å²) in [6.07, 6.45) is 11.8. The summed E-state index contributed by atoms with van der Waals surface area (Å²) in [5.41, 5.74) is 0.354. The molecule has 5 heteroatoms. The lowest BCUT2D eigenvalue weighted by atomic mass is 9.44. The van der Waals surface area contributed by atoms with Crippen LogP contribution < -0.4 is 0 Å². The molecule has 3 saturated carbocycles. The molecule has 9 atom stereocenters. The minimum Gasteiger partial charge on any atom is -0.481 e. The minimum atomic E-state index is -0.619. The van der Waals surface area contributed by atoms with Crippen LogP contribution in [0.3, 0.4) is 0 Å². The molecular weight excluding hydrogens is 462 g/mol. The zero-order chi connectivity index (χ0) is 28.1. The summed E-state index contributed by atoms with van der Waals surface area (Å²) >= 11 is 0. The SMILES string of the molecule is CC.CC(C)CCCC(C)C1CCC2C3C(C(=O)O)CC4N(C)C(=O)CCC4(C)C3CCC12C.CC=O. The number of carboxylic acids is 1. The highest BCUT2D eigenvalue weighted by molar-refractivity contribution is 5.78. The summed E-state index contributed by atoms with van der Waals surface area (Å²) in [4.78, 5) is 35.8. The van der Waals surface area contributed by atoms with Crippen LogP contribution in [-0.4, -0.2) is 41.3 Å². The van der Waals surface area contributed by atoms with Gasteiger partial charge in [0.25, 0.3) is 0 Å². The lowest BCUT2D eigenvalue weighted by Gasteiger charge is -2.63. The van der Waals surface area contributed by atoms with E-state index >= 15 is 0 Å². The molecule has 0 aromatic carbocycles. The van der Waals surface area contributed by atoms with E-state index in [1.807, 2.05) is 25.8 Å². The quantitative estimate of drug-likeness (QED) is 0.369. The summed E-state index contributed by atoms with van der Waals surface area (Å²) in [5, 5.41) is 10.3. The number of rotatable bonds is 6. The first-order valence-corrected chi connectivity index (χ1v) is 15.3. The van der Waals surface area contributed by atoms with Crippen LogP contribution in [0.4, 0.5) is 0 Å². The van der Waals surface area contributed by atoms with Crippen molar-refractivity contribution in [2.45, 2.75) is 126 Å². The second-order valence-corrected chi connectivity index (χ2v) is 13.3. The van der Waals surface area contributed by atoms with Gasteiger partial charge in [-0.15, -0.1) is 0 Å². The van der Waals surface area contributed by atoms with Crippen LogP contribution >= 0.6 is 0 Å². The first kappa shape index (κ1) is 31.8. The van der Waals surface area contributed by atoms with Crippen molar-refractivity contribution in [3.8, 4) is 0 Å². The van der Waals surface area contributed by atoms with Crippen molar-refractivity contribution in [2.24, 2.45) is 52.3 Å². The Labute approximate surface area is 227 Å². The third kappa shape index (κ3) is 6.11. The van der Waals surface area contributed by atoms with E-state index < -0.39 is 5.97 Å². The Morgan fingerprint density at radius 2 is 1.65 bits per heavy atom. The molecule has 1 N–H and O–H groups in total. The number of aldehydes is 1. The Bertz CT molecular complexity index is 781. The number of fused-ring (bicyclic) bond motifs is 5. The molecule has 0 radical (unpaired) electrons. The third-order valence-electron chi connectivity index (χ3n) is 11.1. The van der Waals surface area contributed by atoms with E-state index in [0.29, 0.717) is 24.7 Å². The van der Waals surface area contributed by atoms with Crippen LogP contribution in [-0.2, 0) is 14.4 Å². The molecule has 0 aromatic rings. The van der Waals surface area contributed by atoms with Crippen molar-refractivity contribution in [2.75, 3.05) is 7.05 Å². The fourth-order valence-corrected chi connectivity index (χ4v) is 9.41. The number of carboxylic acid groups (broad SMARTS) is 1. The molecule has 4 aliphatic rings. The molecule has 4 rings (SSSR count). The van der Waals surface area contributed by atoms with Crippen LogP contribution in [0.25, 0.3) is 0 Å². The Kier molecular flexibility index (Phi) is 11.3. The molecule has 37 heavy (non-hydrogen) atoms. The number of nitrogens with zero attached hydrogens (tertiary/aromatic N) is 1. The van der Waals surface area contributed by atoms with Crippen LogP contribution in [0, 0.1) is 52.3 Å². The minimum absolute atomic E-state index is 0.0710. The monoisotopic (exact) mass is 519 g/mol. The van der Waals surface area contributed by atoms with Crippen LogP contribution in [0.1, 0.15) is 120 Å². The summed E-state index contributed by atoms with van der Waals surface area (Å²) in [7, 11) is 1.92. The molecule has 4 fully saturated rings. The van der Waals surface area contributed by atoms with Crippen molar-refractivity contribution in [1.29, 1.82) is 0 Å². The van der Waals surface area contributed by atoms with Gasteiger partial charge in [-0.3, -0.25) is 9.59 Å². The molecule has 0 aromatic heterocycles. The Morgan fingerprint density at radius 1 is 1.05 bits per heavy atom. The highest BCUT2D eigenvalue weighted by Gasteiger charge is 2.64. The Hall–Kier alpha value is -1.39. The number of hydrogen-bond donors (Lipinski definition) is 1. The van der Waals surface area contributed by atoms with Gasteiger partial charge in [-0.25, -0.2) is 0 Å². The predicted octanol–water partition coefficient (Wildman–Crippen LogP) is 7.47. The summed E-state index contributed by atoms with van der Waals surface area (Å²) in [6, 6.07) is 0.0858. The van der Waals surface area contributed by atoms with E-state index in [1.54, 1.807) is 0 Å². The lowest BCUT2D eigenvalue weighted by Crippen LogP contribution is -2.64. The van der Waals surface area contributed by atoms with E-state index in [0.717, 1.165) is 36.9 Å². The molecule has 5 nitrogen and oxygen atoms in total. The molecule has 0 spiro atoms. The summed E-state index contributed by atoms with van der Waals surface area (Å²) < 4.78 is 0. The fourth-order valence-electron chi connectivity index (χ4n) is 9.41. The molecule has 0 bridgehead atoms. The average molecular weight is 520 g/mol. The van der Waals surface area contributed by atoms with E-state index in [4.69, 9.17) is 4.79 Å². The molecule has 1 saturated heterocycles. The maximum Gasteiger partial charge on any atom is 0.306 e. The maximum absolute atomic E-state index is 12.6. The number of hydrogen-bond acceptors (Lipinski definition) is 3. The maximum atomic E-state index is 12.6. The van der Waals surface area contributed by atoms with Gasteiger partial charge in [0.15, 0.2) is 0 Å². The number of carbonyl (C=O) groups is 3. The third-order valence-corrected chi connectivity index (χ3v) is 11.1. The number of amides is 1. The number of carbonyl (C=O) groups excluding carboxylic acids is 2. The van der Waals surface area contributed by atoms with Crippen molar-refractivity contribution >= 4 is 18.2 Å². The first-order chi connectivity index (χ1) is 17.4. The average Bonchev–Trinajstić information content (AvgIpc) is 3.20. The zero-order valence-electron chi connectivity index (χ0n) is 25.4. The van der Waals surface area contributed by atoms with Gasteiger partial charge in [-0.1, -0.05) is 67.7 Å². The Morgan fingerprint density at radius 3 is 2.22 bits per heavy atom. The second-order valence-electron chi connectivity index (χ2n) is 13.3. The van der Waals surface area contributed by atoms with Gasteiger partial charge in [0.2, 0.25) is 5.91 Å². The fraction of sp³-hybridized carbons (Fsp3) is 0.906. The standard InChI is InChI=1S/C28H47NO3.C2H4O.C2H6/c1-17(2)8-7-9-18(3)20-10-11-21-25-19(26(31)32)16-23-28(5,15-13-24(30)29(23)6)22(25)12-14-27(20,21)4;1-2-3;1-2/h17-23,25H,7-16H2,1-6H3,(H,31,32);2H,1H3;1-2H3. The van der Waals surface area contributed by atoms with Crippen molar-refractivity contribution < 1.29 is 19.5 Å². The van der Waals surface area contributed by atoms with Crippen molar-refractivity contribution in [3.05, 3.63) is 0 Å². The van der Waals surface area contributed by atoms with E-state index in [9.17, 15) is 14.7 Å². The molecule has 9 unspecified atom stereocenters. The predicted molar refractivity (Wildman–Crippen MR) is 151 cm³/mol. The summed E-state index contributed by atoms with van der Waals surface area (Å²) in [5.74, 6) is 2.76. The van der Waals surface area contributed by atoms with E-state index in [1.165, 1.54) is 45.4 Å². The van der Waals surface area contributed by atoms with E-state index in [-0.39, 0.29) is 34.6 Å². The highest BCUT2D eigenvalue weighted by atomic mass is 16.4. The number of aliphatic carboxylic acids is 1. The highest BCUT2D eigenvalue weighted by Crippen LogP contribution is 2.68. The molecule has 214 valence electrons. The Balaban J connectivity index is 0.000000898. The molecule has 1 amide bonds. The van der Waals surface area contributed by atoms with E-state index in [2.05, 4.69) is 34.6 Å². The van der Waals surface area contributed by atoms with Crippen LogP contribution in [0.2, 0.25) is 0 Å². The molecule has 3 aliphatic carbocycles. The van der Waals surface area contributed by atoms with Crippen molar-refractivity contribution in [3.63, 3.8) is 0 Å². The molecule has 1 heterocycles. The topological polar surface area (TPSA) is 74.7 Å². The largest absolute Gasteiger partial charge is 0.481 e. The first-order valence-electron chi connectivity index (χ1n) is 15.3. The summed E-state index contributed by atoms with van der Waals surface area (Å²) in [6.45, 7) is 17.5. The number of piperidine rings is 1. The molecular formula is C32H57NO4. The van der Waals surface area contributed by atoms with Gasteiger partial charge in [0.05, 0.1) is 5.92 Å². The normalized spacial score (nSPS) is 39.2. The van der Waals surface area contributed by atoms with Crippen molar-refractivity contribution in [1.82, 2.24) is 4.90 Å². The van der Waals surface area contributed by atoms with Gasteiger partial charge >= 0.3 is 5.97 Å². The second kappa shape index (κ2) is 13.1. The zero-order valence-corrected chi connectivity index (χ0v) is 25.4. The van der Waals surface area contributed by atoms with Gasteiger partial charge < -0.3 is 14.8 Å². The van der Waals surface area contributed by atoms with Gasteiger partial charge in [0.1, 0.15) is 6.29 Å². The van der Waals surface area contributed by atoms with Gasteiger partial charge in [-0.05, 0) is 91.8 Å². The molecule has 1 aliphatic heterocycles. The lowest BCUT2D eigenvalue weighted by molar-refractivity contribution is -0.181. The number of likely N-dealkylation sites (tertiary alicyclic amines) is 1. The van der Waals surface area contributed by atoms with Crippen LogP contribution in [0.15, 0.2) is 0 Å². The smallest absolute Gasteiger partial charge is 0.306 e. The van der Waals surface area contributed by atoms with Crippen LogP contribution in [0.5, 0.6) is 0 Å². The van der Waals surface area contributed by atoms with Gasteiger partial charge in [-0.2, -0.15) is 0 Å².